The third-order valence-electron chi connectivity index (χ3n) is 4.58. The molecular weight excluding hydrogens is 430 g/mol. The Morgan fingerprint density at radius 1 is 0.964 bits per heavy atom. The zero-order chi connectivity index (χ0) is 20.3. The van der Waals surface area contributed by atoms with Gasteiger partial charge in [-0.2, -0.15) is 0 Å². The lowest BCUT2D eigenvalue weighted by Gasteiger charge is -2.34. The molecule has 1 heterocycles. The van der Waals surface area contributed by atoms with Crippen LogP contribution in [0.4, 0.5) is 5.69 Å². The molecule has 8 nitrogen and oxygen atoms in total. The number of benzene rings is 2. The maximum Gasteiger partial charge on any atom is 0.284 e. The van der Waals surface area contributed by atoms with Gasteiger partial charge in [0, 0.05) is 43.4 Å². The minimum atomic E-state index is -0.535. The van der Waals surface area contributed by atoms with Crippen LogP contribution in [0.3, 0.4) is 0 Å². The van der Waals surface area contributed by atoms with Gasteiger partial charge in [-0.05, 0) is 52.3 Å². The fourth-order valence-electron chi connectivity index (χ4n) is 3.00. The number of carbonyl (C=O) groups excluding carboxylic acids is 2. The first-order valence-corrected chi connectivity index (χ1v) is 9.36. The van der Waals surface area contributed by atoms with Crippen LogP contribution in [0.2, 0.25) is 0 Å². The molecule has 2 aromatic carbocycles. The lowest BCUT2D eigenvalue weighted by Crippen LogP contribution is -2.50. The number of nitro groups is 1. The van der Waals surface area contributed by atoms with Crippen LogP contribution >= 0.6 is 15.9 Å². The van der Waals surface area contributed by atoms with Gasteiger partial charge in [-0.25, -0.2) is 0 Å². The van der Waals surface area contributed by atoms with E-state index in [1.165, 1.54) is 12.1 Å². The number of amides is 2. The van der Waals surface area contributed by atoms with Gasteiger partial charge in [0.1, 0.15) is 5.75 Å². The van der Waals surface area contributed by atoms with Crippen LogP contribution in [-0.2, 0) is 0 Å². The topological polar surface area (TPSA) is 93.0 Å². The van der Waals surface area contributed by atoms with Crippen LogP contribution in [0.25, 0.3) is 0 Å². The molecule has 1 aliphatic rings. The van der Waals surface area contributed by atoms with Crippen molar-refractivity contribution in [1.82, 2.24) is 9.80 Å². The van der Waals surface area contributed by atoms with Gasteiger partial charge in [0.25, 0.3) is 17.5 Å². The molecule has 2 amide bonds. The second kappa shape index (κ2) is 8.39. The smallest absolute Gasteiger partial charge is 0.284 e. The maximum absolute atomic E-state index is 12.7. The van der Waals surface area contributed by atoms with E-state index >= 15 is 0 Å². The molecule has 1 saturated heterocycles. The normalized spacial score (nSPS) is 13.9. The van der Waals surface area contributed by atoms with Crippen LogP contribution in [0, 0.1) is 10.1 Å². The Bertz CT molecular complexity index is 908. The van der Waals surface area contributed by atoms with Crippen molar-refractivity contribution >= 4 is 33.4 Å². The van der Waals surface area contributed by atoms with Crippen molar-refractivity contribution in [3.8, 4) is 5.75 Å². The van der Waals surface area contributed by atoms with E-state index in [0.29, 0.717) is 42.0 Å². The van der Waals surface area contributed by atoms with Crippen LogP contribution in [-0.4, -0.2) is 59.8 Å². The number of nitrogens with zero attached hydrogens (tertiary/aromatic N) is 3. The van der Waals surface area contributed by atoms with Gasteiger partial charge in [0.2, 0.25) is 0 Å². The van der Waals surface area contributed by atoms with Gasteiger partial charge in [-0.1, -0.05) is 0 Å². The number of carbonyl (C=O) groups is 2. The van der Waals surface area contributed by atoms with Crippen molar-refractivity contribution in [1.29, 1.82) is 0 Å². The van der Waals surface area contributed by atoms with Crippen molar-refractivity contribution < 1.29 is 19.2 Å². The fraction of sp³-hybridized carbons (Fsp3) is 0.263. The largest absolute Gasteiger partial charge is 0.497 e. The predicted molar refractivity (Wildman–Crippen MR) is 106 cm³/mol. The Labute approximate surface area is 170 Å². The molecule has 0 unspecified atom stereocenters. The number of halogens is 1. The SMILES string of the molecule is COc1ccc(C(=O)N2CCN(C(=O)c3ccc(Br)c([N+](=O)[O-])c3)CC2)cc1. The average molecular weight is 448 g/mol. The minimum absolute atomic E-state index is 0.103. The number of hydrogen-bond donors (Lipinski definition) is 0. The van der Waals surface area contributed by atoms with E-state index in [4.69, 9.17) is 4.74 Å². The highest BCUT2D eigenvalue weighted by Crippen LogP contribution is 2.26. The Balaban J connectivity index is 1.64. The summed E-state index contributed by atoms with van der Waals surface area (Å²) in [6.45, 7) is 1.53. The third kappa shape index (κ3) is 4.14. The molecule has 0 bridgehead atoms. The van der Waals surface area contributed by atoms with E-state index in [1.54, 1.807) is 47.2 Å². The number of rotatable bonds is 4. The van der Waals surface area contributed by atoms with Crippen molar-refractivity contribution in [3.63, 3.8) is 0 Å². The van der Waals surface area contributed by atoms with E-state index in [2.05, 4.69) is 15.9 Å². The van der Waals surface area contributed by atoms with E-state index in [-0.39, 0.29) is 23.1 Å². The standard InChI is InChI=1S/C19H18BrN3O5/c1-28-15-5-2-13(3-6-15)18(24)21-8-10-22(11-9-21)19(25)14-4-7-16(20)17(12-14)23(26)27/h2-7,12H,8-11H2,1H3. The van der Waals surface area contributed by atoms with E-state index in [9.17, 15) is 19.7 Å². The fourth-order valence-corrected chi connectivity index (χ4v) is 3.39. The Kier molecular flexibility index (Phi) is 5.93. The van der Waals surface area contributed by atoms with Gasteiger partial charge in [-0.15, -0.1) is 0 Å². The van der Waals surface area contributed by atoms with Crippen molar-refractivity contribution in [2.75, 3.05) is 33.3 Å². The summed E-state index contributed by atoms with van der Waals surface area (Å²) in [4.78, 5) is 39.1. The van der Waals surface area contributed by atoms with Gasteiger partial charge in [-0.3, -0.25) is 19.7 Å². The van der Waals surface area contributed by atoms with Crippen LogP contribution in [0.5, 0.6) is 5.75 Å². The van der Waals surface area contributed by atoms with Gasteiger partial charge >= 0.3 is 0 Å². The van der Waals surface area contributed by atoms with Crippen LogP contribution in [0.1, 0.15) is 20.7 Å². The molecular formula is C19H18BrN3O5. The van der Waals surface area contributed by atoms with Crippen LogP contribution in [0.15, 0.2) is 46.9 Å². The molecule has 1 aliphatic heterocycles. The monoisotopic (exact) mass is 447 g/mol. The molecule has 1 fully saturated rings. The third-order valence-corrected chi connectivity index (χ3v) is 5.25. The Morgan fingerprint density at radius 3 is 1.96 bits per heavy atom. The molecule has 0 radical (unpaired) electrons. The summed E-state index contributed by atoms with van der Waals surface area (Å²) in [7, 11) is 1.56. The van der Waals surface area contributed by atoms with Crippen molar-refractivity contribution in [2.45, 2.75) is 0 Å². The molecule has 0 saturated carbocycles. The summed E-state index contributed by atoms with van der Waals surface area (Å²) in [5.41, 5.74) is 0.660. The molecule has 0 aromatic heterocycles. The molecule has 0 spiro atoms. The number of piperazine rings is 1. The highest BCUT2D eigenvalue weighted by atomic mass is 79.9. The van der Waals surface area contributed by atoms with Crippen LogP contribution < -0.4 is 4.74 Å². The number of hydrogen-bond acceptors (Lipinski definition) is 5. The molecule has 146 valence electrons. The molecule has 0 N–H and O–H groups in total. The highest BCUT2D eigenvalue weighted by molar-refractivity contribution is 9.10. The molecule has 2 aromatic rings. The number of ether oxygens (including phenoxy) is 1. The van der Waals surface area contributed by atoms with Gasteiger partial charge in [0.15, 0.2) is 0 Å². The van der Waals surface area contributed by atoms with Gasteiger partial charge < -0.3 is 14.5 Å². The second-order valence-electron chi connectivity index (χ2n) is 6.24. The zero-order valence-electron chi connectivity index (χ0n) is 15.1. The van der Waals surface area contributed by atoms with E-state index < -0.39 is 4.92 Å². The molecule has 3 rings (SSSR count). The number of methoxy groups -OCH3 is 1. The van der Waals surface area contributed by atoms with Gasteiger partial charge in [0.05, 0.1) is 16.5 Å². The van der Waals surface area contributed by atoms with E-state index in [0.717, 1.165) is 0 Å². The molecule has 28 heavy (non-hydrogen) atoms. The summed E-state index contributed by atoms with van der Waals surface area (Å²) in [5, 5.41) is 11.1. The maximum atomic E-state index is 12.7. The summed E-state index contributed by atoms with van der Waals surface area (Å²) in [6, 6.07) is 11.2. The van der Waals surface area contributed by atoms with E-state index in [1.807, 2.05) is 0 Å². The summed E-state index contributed by atoms with van der Waals surface area (Å²) in [6.07, 6.45) is 0. The summed E-state index contributed by atoms with van der Waals surface area (Å²) < 4.78 is 5.42. The average Bonchev–Trinajstić information content (AvgIpc) is 2.73. The lowest BCUT2D eigenvalue weighted by atomic mass is 10.1. The highest BCUT2D eigenvalue weighted by Gasteiger charge is 2.26. The quantitative estimate of drug-likeness (QED) is 0.530. The molecule has 0 aliphatic carbocycles. The van der Waals surface area contributed by atoms with Crippen molar-refractivity contribution in [2.24, 2.45) is 0 Å². The first-order chi connectivity index (χ1) is 13.4. The Morgan fingerprint density at radius 2 is 1.46 bits per heavy atom. The zero-order valence-corrected chi connectivity index (χ0v) is 16.7. The van der Waals surface area contributed by atoms with Crippen molar-refractivity contribution in [3.05, 3.63) is 68.2 Å². The molecule has 9 heteroatoms. The first kappa shape index (κ1) is 19.8. The lowest BCUT2D eigenvalue weighted by molar-refractivity contribution is -0.385. The predicted octanol–water partition coefficient (Wildman–Crippen LogP) is 2.96. The minimum Gasteiger partial charge on any atom is -0.497 e. The first-order valence-electron chi connectivity index (χ1n) is 8.57. The molecule has 0 atom stereocenters. The summed E-state index contributed by atoms with van der Waals surface area (Å²) >= 11 is 3.11. The second-order valence-corrected chi connectivity index (χ2v) is 7.09. The summed E-state index contributed by atoms with van der Waals surface area (Å²) in [5.74, 6) is 0.289. The Hall–Kier alpha value is -2.94. The number of nitro benzene ring substituents is 1.